The van der Waals surface area contributed by atoms with Crippen molar-refractivity contribution >= 4 is 11.6 Å². The first kappa shape index (κ1) is 17.4. The summed E-state index contributed by atoms with van der Waals surface area (Å²) in [5.74, 6) is 0.842. The number of hydrogen-bond donors (Lipinski definition) is 2. The molecular formula is C21H19NO4. The van der Waals surface area contributed by atoms with Crippen molar-refractivity contribution in [3.63, 3.8) is 0 Å². The molecule has 3 aromatic carbocycles. The van der Waals surface area contributed by atoms with E-state index in [2.05, 4.69) is 5.32 Å². The van der Waals surface area contributed by atoms with E-state index in [1.54, 1.807) is 48.5 Å². The summed E-state index contributed by atoms with van der Waals surface area (Å²) >= 11 is 0. The molecule has 2 N–H and O–H groups in total. The smallest absolute Gasteiger partial charge is 0.255 e. The summed E-state index contributed by atoms with van der Waals surface area (Å²) in [6.07, 6.45) is 0. The predicted octanol–water partition coefficient (Wildman–Crippen LogP) is 4.10. The van der Waals surface area contributed by atoms with Crippen LogP contribution in [0.25, 0.3) is 0 Å². The van der Waals surface area contributed by atoms with Gasteiger partial charge >= 0.3 is 0 Å². The lowest BCUT2D eigenvalue weighted by atomic mass is 10.2. The fourth-order valence-electron chi connectivity index (χ4n) is 2.36. The second-order valence-electron chi connectivity index (χ2n) is 5.48. The van der Waals surface area contributed by atoms with Crippen LogP contribution in [0.5, 0.6) is 17.2 Å². The van der Waals surface area contributed by atoms with Crippen molar-refractivity contribution in [3.05, 3.63) is 84.4 Å². The molecule has 5 heteroatoms. The van der Waals surface area contributed by atoms with Gasteiger partial charge in [0, 0.05) is 5.56 Å². The monoisotopic (exact) mass is 349 g/mol. The average Bonchev–Trinajstić information content (AvgIpc) is 2.68. The molecule has 5 nitrogen and oxygen atoms in total. The molecular weight excluding hydrogens is 330 g/mol. The standard InChI is InChI=1S/C21H19NO4/c23-18-11-5-7-13-20(18)26-15-14-25-19-12-6-4-10-17(19)22-21(24)16-8-2-1-3-9-16/h1-13,23H,14-15H2,(H,22,24). The van der Waals surface area contributed by atoms with E-state index in [-0.39, 0.29) is 24.9 Å². The zero-order valence-electron chi connectivity index (χ0n) is 14.1. The molecule has 0 bridgehead atoms. The summed E-state index contributed by atoms with van der Waals surface area (Å²) < 4.78 is 11.2. The lowest BCUT2D eigenvalue weighted by Crippen LogP contribution is -2.14. The molecule has 0 fully saturated rings. The molecule has 3 rings (SSSR count). The van der Waals surface area contributed by atoms with Gasteiger partial charge in [-0.1, -0.05) is 42.5 Å². The highest BCUT2D eigenvalue weighted by molar-refractivity contribution is 6.04. The lowest BCUT2D eigenvalue weighted by molar-refractivity contribution is 0.102. The number of benzene rings is 3. The highest BCUT2D eigenvalue weighted by atomic mass is 16.5. The molecule has 0 atom stereocenters. The quantitative estimate of drug-likeness (QED) is 0.630. The van der Waals surface area contributed by atoms with E-state index in [0.29, 0.717) is 22.7 Å². The Kier molecular flexibility index (Phi) is 5.72. The maximum Gasteiger partial charge on any atom is 0.255 e. The molecule has 1 amide bonds. The van der Waals surface area contributed by atoms with Crippen molar-refractivity contribution in [1.82, 2.24) is 0 Å². The number of para-hydroxylation sites is 4. The first-order valence-corrected chi connectivity index (χ1v) is 8.23. The molecule has 0 aliphatic carbocycles. The van der Waals surface area contributed by atoms with E-state index in [4.69, 9.17) is 9.47 Å². The van der Waals surface area contributed by atoms with E-state index in [1.165, 1.54) is 0 Å². The third-order valence-electron chi connectivity index (χ3n) is 3.63. The van der Waals surface area contributed by atoms with E-state index in [1.807, 2.05) is 30.3 Å². The van der Waals surface area contributed by atoms with Crippen LogP contribution < -0.4 is 14.8 Å². The summed E-state index contributed by atoms with van der Waals surface area (Å²) in [4.78, 5) is 12.3. The molecule has 132 valence electrons. The van der Waals surface area contributed by atoms with Crippen LogP contribution in [0, 0.1) is 0 Å². The van der Waals surface area contributed by atoms with Crippen molar-refractivity contribution in [3.8, 4) is 17.2 Å². The SMILES string of the molecule is O=C(Nc1ccccc1OCCOc1ccccc1O)c1ccccc1. The molecule has 0 heterocycles. The number of carbonyl (C=O) groups is 1. The second kappa shape index (κ2) is 8.58. The maximum absolute atomic E-state index is 12.3. The molecule has 0 saturated carbocycles. The Morgan fingerprint density at radius 3 is 2.08 bits per heavy atom. The zero-order chi connectivity index (χ0) is 18.2. The number of phenols is 1. The Bertz CT molecular complexity index is 865. The van der Waals surface area contributed by atoms with Crippen LogP contribution in [-0.4, -0.2) is 24.2 Å². The van der Waals surface area contributed by atoms with Gasteiger partial charge < -0.3 is 19.9 Å². The van der Waals surface area contributed by atoms with Gasteiger partial charge in [0.2, 0.25) is 0 Å². The maximum atomic E-state index is 12.3. The molecule has 0 spiro atoms. The van der Waals surface area contributed by atoms with Crippen LogP contribution in [0.4, 0.5) is 5.69 Å². The summed E-state index contributed by atoms with van der Waals surface area (Å²) in [6, 6.07) is 22.9. The largest absolute Gasteiger partial charge is 0.504 e. The van der Waals surface area contributed by atoms with Gasteiger partial charge in [-0.05, 0) is 36.4 Å². The Hall–Kier alpha value is -3.47. The fraction of sp³-hybridized carbons (Fsp3) is 0.0952. The Balaban J connectivity index is 1.57. The van der Waals surface area contributed by atoms with Crippen LogP contribution in [0.15, 0.2) is 78.9 Å². The fourth-order valence-corrected chi connectivity index (χ4v) is 2.36. The predicted molar refractivity (Wildman–Crippen MR) is 99.9 cm³/mol. The normalized spacial score (nSPS) is 10.2. The first-order valence-electron chi connectivity index (χ1n) is 8.23. The van der Waals surface area contributed by atoms with Crippen LogP contribution in [-0.2, 0) is 0 Å². The Morgan fingerprint density at radius 1 is 0.769 bits per heavy atom. The number of carbonyl (C=O) groups excluding carboxylic acids is 1. The van der Waals surface area contributed by atoms with Crippen LogP contribution >= 0.6 is 0 Å². The number of rotatable bonds is 7. The molecule has 0 aliphatic heterocycles. The second-order valence-corrected chi connectivity index (χ2v) is 5.48. The average molecular weight is 349 g/mol. The summed E-state index contributed by atoms with van der Waals surface area (Å²) in [5.41, 5.74) is 1.16. The third kappa shape index (κ3) is 4.54. The number of nitrogens with one attached hydrogen (secondary N) is 1. The topological polar surface area (TPSA) is 67.8 Å². The minimum atomic E-state index is -0.202. The highest BCUT2D eigenvalue weighted by Crippen LogP contribution is 2.26. The Labute approximate surface area is 151 Å². The van der Waals surface area contributed by atoms with Gasteiger partial charge in [0.05, 0.1) is 5.69 Å². The van der Waals surface area contributed by atoms with Gasteiger partial charge in [-0.2, -0.15) is 0 Å². The summed E-state index contributed by atoms with van der Waals surface area (Å²) in [7, 11) is 0. The van der Waals surface area contributed by atoms with Gasteiger partial charge in [0.1, 0.15) is 19.0 Å². The molecule has 0 aromatic heterocycles. The lowest BCUT2D eigenvalue weighted by Gasteiger charge is -2.13. The van der Waals surface area contributed by atoms with Crippen molar-refractivity contribution in [2.75, 3.05) is 18.5 Å². The third-order valence-corrected chi connectivity index (χ3v) is 3.63. The van der Waals surface area contributed by atoms with Crippen LogP contribution in [0.2, 0.25) is 0 Å². The molecule has 0 unspecified atom stereocenters. The summed E-state index contributed by atoms with van der Waals surface area (Å²) in [6.45, 7) is 0.533. The van der Waals surface area contributed by atoms with Gasteiger partial charge in [-0.3, -0.25) is 4.79 Å². The van der Waals surface area contributed by atoms with Crippen molar-refractivity contribution in [2.45, 2.75) is 0 Å². The molecule has 3 aromatic rings. The van der Waals surface area contributed by atoms with Crippen molar-refractivity contribution in [2.24, 2.45) is 0 Å². The van der Waals surface area contributed by atoms with Gasteiger partial charge in [0.25, 0.3) is 5.91 Å². The number of amides is 1. The number of hydrogen-bond acceptors (Lipinski definition) is 4. The van der Waals surface area contributed by atoms with Gasteiger partial charge in [-0.25, -0.2) is 0 Å². The minimum absolute atomic E-state index is 0.0861. The number of ether oxygens (including phenoxy) is 2. The number of anilines is 1. The van der Waals surface area contributed by atoms with E-state index in [0.717, 1.165) is 0 Å². The number of phenolic OH excluding ortho intramolecular Hbond substituents is 1. The van der Waals surface area contributed by atoms with E-state index >= 15 is 0 Å². The highest BCUT2D eigenvalue weighted by Gasteiger charge is 2.09. The van der Waals surface area contributed by atoms with E-state index in [9.17, 15) is 9.90 Å². The van der Waals surface area contributed by atoms with Crippen molar-refractivity contribution < 1.29 is 19.4 Å². The Morgan fingerprint density at radius 2 is 1.35 bits per heavy atom. The zero-order valence-corrected chi connectivity index (χ0v) is 14.1. The number of aromatic hydroxyl groups is 1. The first-order chi connectivity index (χ1) is 12.7. The van der Waals surface area contributed by atoms with E-state index < -0.39 is 0 Å². The van der Waals surface area contributed by atoms with Gasteiger partial charge in [0.15, 0.2) is 11.5 Å². The molecule has 0 aliphatic rings. The van der Waals surface area contributed by atoms with Crippen LogP contribution in [0.1, 0.15) is 10.4 Å². The van der Waals surface area contributed by atoms with Crippen molar-refractivity contribution in [1.29, 1.82) is 0 Å². The molecule has 0 saturated heterocycles. The summed E-state index contributed by atoms with van der Waals surface area (Å²) in [5, 5.41) is 12.5. The molecule has 26 heavy (non-hydrogen) atoms. The van der Waals surface area contributed by atoms with Crippen LogP contribution in [0.3, 0.4) is 0 Å². The van der Waals surface area contributed by atoms with Gasteiger partial charge in [-0.15, -0.1) is 0 Å². The minimum Gasteiger partial charge on any atom is -0.504 e. The molecule has 0 radical (unpaired) electrons.